The molecule has 0 saturated carbocycles. The molecule has 0 aliphatic carbocycles. The van der Waals surface area contributed by atoms with E-state index < -0.39 is 17.7 Å². The number of benzene rings is 2. The molecule has 146 valence electrons. The first-order valence-electron chi connectivity index (χ1n) is 8.93. The van der Waals surface area contributed by atoms with Gasteiger partial charge >= 0.3 is 5.91 Å². The van der Waals surface area contributed by atoms with Gasteiger partial charge in [-0.15, -0.1) is 0 Å². The van der Waals surface area contributed by atoms with Crippen molar-refractivity contribution in [1.82, 2.24) is 5.16 Å². The molecule has 0 bridgehead atoms. The Hall–Kier alpha value is -3.19. The number of aliphatic hydroxyl groups is 1. The summed E-state index contributed by atoms with van der Waals surface area (Å²) in [5, 5.41) is 14.9. The summed E-state index contributed by atoms with van der Waals surface area (Å²) in [7, 11) is 0. The van der Waals surface area contributed by atoms with E-state index in [0.717, 1.165) is 10.0 Å². The van der Waals surface area contributed by atoms with E-state index in [1.165, 1.54) is 4.90 Å². The number of amides is 1. The molecule has 1 fully saturated rings. The summed E-state index contributed by atoms with van der Waals surface area (Å²) < 4.78 is 5.90. The summed E-state index contributed by atoms with van der Waals surface area (Å²) in [6.45, 7) is 3.63. The Labute approximate surface area is 175 Å². The number of hydrogen-bond acceptors (Lipinski definition) is 5. The van der Waals surface area contributed by atoms with Crippen LogP contribution in [0.4, 0.5) is 5.82 Å². The van der Waals surface area contributed by atoms with Crippen LogP contribution in [0.2, 0.25) is 0 Å². The third-order valence-corrected chi connectivity index (χ3v) is 5.29. The van der Waals surface area contributed by atoms with Crippen molar-refractivity contribution in [2.24, 2.45) is 0 Å². The lowest BCUT2D eigenvalue weighted by Crippen LogP contribution is -2.29. The molecule has 0 spiro atoms. The highest BCUT2D eigenvalue weighted by Gasteiger charge is 2.48. The van der Waals surface area contributed by atoms with E-state index >= 15 is 0 Å². The van der Waals surface area contributed by atoms with Crippen molar-refractivity contribution in [3.05, 3.63) is 87.1 Å². The summed E-state index contributed by atoms with van der Waals surface area (Å²) in [4.78, 5) is 27.2. The molecular formula is C22H17BrN2O4. The second-order valence-corrected chi connectivity index (χ2v) is 7.80. The highest BCUT2D eigenvalue weighted by molar-refractivity contribution is 9.10. The van der Waals surface area contributed by atoms with Crippen molar-refractivity contribution in [3.63, 3.8) is 0 Å². The number of nitrogens with zero attached hydrogens (tertiary/aromatic N) is 2. The van der Waals surface area contributed by atoms with Gasteiger partial charge in [-0.3, -0.25) is 14.5 Å². The van der Waals surface area contributed by atoms with Gasteiger partial charge in [0.15, 0.2) is 5.82 Å². The fourth-order valence-corrected chi connectivity index (χ4v) is 3.81. The molecule has 6 nitrogen and oxygen atoms in total. The topological polar surface area (TPSA) is 83.6 Å². The zero-order valence-electron chi connectivity index (χ0n) is 15.7. The van der Waals surface area contributed by atoms with E-state index in [1.54, 1.807) is 43.3 Å². The van der Waals surface area contributed by atoms with E-state index in [4.69, 9.17) is 4.52 Å². The smallest absolute Gasteiger partial charge is 0.301 e. The minimum atomic E-state index is -0.835. The first kappa shape index (κ1) is 19.1. The standard InChI is InChI=1S/C22H17BrN2O4/c1-12-6-8-14(9-7-12)20(26)18-19(15-4-3-5-16(23)11-15)25(22(28)21(18)27)17-10-13(2)29-24-17/h3-11,19,26H,1-2H3/b20-18+/t19-/m0/s1. The van der Waals surface area contributed by atoms with Crippen LogP contribution in [0.25, 0.3) is 5.76 Å². The zero-order valence-corrected chi connectivity index (χ0v) is 17.3. The fourth-order valence-electron chi connectivity index (χ4n) is 3.39. The van der Waals surface area contributed by atoms with Gasteiger partial charge in [-0.1, -0.05) is 63.0 Å². The molecule has 1 amide bonds. The number of carbonyl (C=O) groups excluding carboxylic acids is 2. The second-order valence-electron chi connectivity index (χ2n) is 6.89. The molecule has 2 heterocycles. The Bertz CT molecular complexity index is 1150. The summed E-state index contributed by atoms with van der Waals surface area (Å²) in [5.74, 6) is -1.03. The number of hydrogen-bond donors (Lipinski definition) is 1. The maximum atomic E-state index is 13.0. The summed E-state index contributed by atoms with van der Waals surface area (Å²) in [6, 6.07) is 15.1. The summed E-state index contributed by atoms with van der Waals surface area (Å²) in [6.07, 6.45) is 0. The number of aromatic nitrogens is 1. The lowest BCUT2D eigenvalue weighted by atomic mass is 9.95. The normalized spacial score (nSPS) is 18.4. The quantitative estimate of drug-likeness (QED) is 0.354. The molecule has 1 aromatic heterocycles. The van der Waals surface area contributed by atoms with E-state index in [1.807, 2.05) is 25.1 Å². The molecule has 1 aliphatic heterocycles. The van der Waals surface area contributed by atoms with Crippen molar-refractivity contribution in [1.29, 1.82) is 0 Å². The molecule has 4 rings (SSSR count). The zero-order chi connectivity index (χ0) is 20.7. The Morgan fingerprint density at radius 1 is 1.10 bits per heavy atom. The van der Waals surface area contributed by atoms with Crippen molar-refractivity contribution < 1.29 is 19.2 Å². The van der Waals surface area contributed by atoms with Crippen LogP contribution >= 0.6 is 15.9 Å². The molecule has 1 saturated heterocycles. The van der Waals surface area contributed by atoms with E-state index in [2.05, 4.69) is 21.1 Å². The van der Waals surface area contributed by atoms with E-state index in [0.29, 0.717) is 16.9 Å². The van der Waals surface area contributed by atoms with Gasteiger partial charge < -0.3 is 9.63 Å². The van der Waals surface area contributed by atoms with Crippen LogP contribution in [0.5, 0.6) is 0 Å². The van der Waals surface area contributed by atoms with Gasteiger partial charge in [0.2, 0.25) is 0 Å². The average Bonchev–Trinajstić information content (AvgIpc) is 3.23. The minimum Gasteiger partial charge on any atom is -0.507 e. The number of anilines is 1. The summed E-state index contributed by atoms with van der Waals surface area (Å²) >= 11 is 3.43. The third-order valence-electron chi connectivity index (χ3n) is 4.80. The molecule has 0 radical (unpaired) electrons. The molecule has 1 atom stereocenters. The molecular weight excluding hydrogens is 436 g/mol. The SMILES string of the molecule is Cc1ccc(/C(O)=C2\C(=O)C(=O)N(c3cc(C)on3)[C@H]2c2cccc(Br)c2)cc1. The lowest BCUT2D eigenvalue weighted by molar-refractivity contribution is -0.132. The van der Waals surface area contributed by atoms with Crippen molar-refractivity contribution >= 4 is 39.2 Å². The van der Waals surface area contributed by atoms with Crippen LogP contribution in [0, 0.1) is 13.8 Å². The number of carbonyl (C=O) groups is 2. The van der Waals surface area contributed by atoms with Gasteiger partial charge in [-0.25, -0.2) is 0 Å². The Morgan fingerprint density at radius 2 is 1.83 bits per heavy atom. The number of ketones is 1. The molecule has 3 aromatic rings. The van der Waals surface area contributed by atoms with Crippen LogP contribution in [0.1, 0.15) is 28.5 Å². The largest absolute Gasteiger partial charge is 0.507 e. The second kappa shape index (κ2) is 7.33. The van der Waals surface area contributed by atoms with Gasteiger partial charge in [0.1, 0.15) is 11.5 Å². The predicted molar refractivity (Wildman–Crippen MR) is 111 cm³/mol. The van der Waals surface area contributed by atoms with Crippen LogP contribution in [-0.2, 0) is 9.59 Å². The van der Waals surface area contributed by atoms with Crippen LogP contribution in [-0.4, -0.2) is 22.0 Å². The average molecular weight is 453 g/mol. The lowest BCUT2D eigenvalue weighted by Gasteiger charge is -2.23. The van der Waals surface area contributed by atoms with Crippen molar-refractivity contribution in [3.8, 4) is 0 Å². The highest BCUT2D eigenvalue weighted by atomic mass is 79.9. The number of rotatable bonds is 3. The predicted octanol–water partition coefficient (Wildman–Crippen LogP) is 4.68. The van der Waals surface area contributed by atoms with E-state index in [-0.39, 0.29) is 17.2 Å². The number of aliphatic hydroxyl groups excluding tert-OH is 1. The van der Waals surface area contributed by atoms with E-state index in [9.17, 15) is 14.7 Å². The maximum Gasteiger partial charge on any atom is 0.301 e. The van der Waals surface area contributed by atoms with Gasteiger partial charge in [0, 0.05) is 16.1 Å². The molecule has 2 aromatic carbocycles. The Morgan fingerprint density at radius 3 is 2.45 bits per heavy atom. The van der Waals surface area contributed by atoms with Crippen LogP contribution < -0.4 is 4.90 Å². The Kier molecular flexibility index (Phi) is 4.84. The first-order chi connectivity index (χ1) is 13.9. The van der Waals surface area contributed by atoms with Crippen molar-refractivity contribution in [2.45, 2.75) is 19.9 Å². The maximum absolute atomic E-state index is 13.0. The fraction of sp³-hybridized carbons (Fsp3) is 0.136. The third kappa shape index (κ3) is 3.38. The van der Waals surface area contributed by atoms with Gasteiger partial charge in [0.05, 0.1) is 11.6 Å². The van der Waals surface area contributed by atoms with Crippen LogP contribution in [0.3, 0.4) is 0 Å². The molecule has 1 N–H and O–H groups in total. The molecule has 7 heteroatoms. The summed E-state index contributed by atoms with van der Waals surface area (Å²) in [5.41, 5.74) is 2.15. The van der Waals surface area contributed by atoms with Crippen molar-refractivity contribution in [2.75, 3.05) is 4.90 Å². The van der Waals surface area contributed by atoms with Gasteiger partial charge in [0.25, 0.3) is 5.78 Å². The minimum absolute atomic E-state index is 0.0117. The van der Waals surface area contributed by atoms with Crippen LogP contribution in [0.15, 0.2) is 69.2 Å². The molecule has 29 heavy (non-hydrogen) atoms. The van der Waals surface area contributed by atoms with Gasteiger partial charge in [-0.2, -0.15) is 0 Å². The first-order valence-corrected chi connectivity index (χ1v) is 9.73. The molecule has 1 aliphatic rings. The monoisotopic (exact) mass is 452 g/mol. The Balaban J connectivity index is 1.95. The number of Topliss-reactive ketones (excluding diaryl/α,β-unsaturated/α-hetero) is 1. The van der Waals surface area contributed by atoms with Gasteiger partial charge in [-0.05, 0) is 31.5 Å². The number of aryl methyl sites for hydroxylation is 2. The highest BCUT2D eigenvalue weighted by Crippen LogP contribution is 2.42. The number of halogens is 1. The molecule has 0 unspecified atom stereocenters.